The molecule has 3 atom stereocenters. The van der Waals surface area contributed by atoms with Gasteiger partial charge < -0.3 is 16.0 Å². The molecule has 2 fully saturated rings. The summed E-state index contributed by atoms with van der Waals surface area (Å²) in [5, 5.41) is 9.57. The van der Waals surface area contributed by atoms with Crippen LogP contribution in [0.4, 0.5) is 4.79 Å². The first-order chi connectivity index (χ1) is 13.7. The van der Waals surface area contributed by atoms with Crippen molar-refractivity contribution >= 4 is 23.7 Å². The second kappa shape index (κ2) is 14.1. The van der Waals surface area contributed by atoms with Gasteiger partial charge >= 0.3 is 6.03 Å². The topological polar surface area (TPSA) is 70.2 Å². The van der Waals surface area contributed by atoms with Crippen LogP contribution < -0.4 is 16.0 Å². The minimum absolute atomic E-state index is 0.0216. The number of thioether (sulfide) groups is 1. The number of rotatable bonds is 16. The second-order valence-electron chi connectivity index (χ2n) is 8.40. The number of nitrogens with one attached hydrogen (secondary N) is 3. The third-order valence-corrected chi connectivity index (χ3v) is 7.44. The minimum Gasteiger partial charge on any atom is -0.356 e. The fourth-order valence-corrected chi connectivity index (χ4v) is 5.75. The molecule has 28 heavy (non-hydrogen) atoms. The van der Waals surface area contributed by atoms with Crippen LogP contribution >= 0.6 is 11.8 Å². The number of hydrogen-bond donors (Lipinski definition) is 3. The fourth-order valence-electron chi connectivity index (χ4n) is 4.20. The minimum atomic E-state index is -0.0216. The molecule has 0 bridgehead atoms. The molecule has 0 aliphatic carbocycles. The number of urea groups is 1. The van der Waals surface area contributed by atoms with Crippen molar-refractivity contribution in [1.29, 1.82) is 0 Å². The van der Waals surface area contributed by atoms with Gasteiger partial charge in [0, 0.05) is 24.0 Å². The van der Waals surface area contributed by atoms with E-state index in [-0.39, 0.29) is 18.0 Å². The Morgan fingerprint density at radius 1 is 0.964 bits per heavy atom. The standard InChI is InChI=1S/C22H41N3O2S/c1-2-3-4-5-6-7-8-9-10-13-16-23-20(26)15-12-11-14-19-21-18(17-28-19)24-22(27)25-21/h18-19,21H,2-17H2,1H3,(H,23,26)(H2,24,25,27)/t18-,19-,21-/m1/s1. The zero-order valence-electron chi connectivity index (χ0n) is 17.8. The summed E-state index contributed by atoms with van der Waals surface area (Å²) in [5.41, 5.74) is 0. The van der Waals surface area contributed by atoms with Crippen molar-refractivity contribution in [1.82, 2.24) is 16.0 Å². The van der Waals surface area contributed by atoms with E-state index in [1.165, 1.54) is 57.8 Å². The SMILES string of the molecule is CCCCCCCCCCCCNC(=O)CCCC[C@H]1SC[C@H]2NC(=O)N[C@H]21. The van der Waals surface area contributed by atoms with E-state index in [2.05, 4.69) is 22.9 Å². The highest BCUT2D eigenvalue weighted by molar-refractivity contribution is 8.00. The Bertz CT molecular complexity index is 461. The molecule has 0 saturated carbocycles. The van der Waals surface area contributed by atoms with Crippen LogP contribution in [-0.4, -0.2) is 41.6 Å². The second-order valence-corrected chi connectivity index (χ2v) is 9.67. The molecule has 2 aliphatic heterocycles. The van der Waals surface area contributed by atoms with E-state index in [0.717, 1.165) is 38.0 Å². The van der Waals surface area contributed by atoms with E-state index in [0.29, 0.717) is 17.7 Å². The van der Waals surface area contributed by atoms with E-state index >= 15 is 0 Å². The molecule has 3 amide bonds. The highest BCUT2D eigenvalue weighted by Gasteiger charge is 2.42. The van der Waals surface area contributed by atoms with Crippen LogP contribution in [0.2, 0.25) is 0 Å². The lowest BCUT2D eigenvalue weighted by Crippen LogP contribution is -2.36. The maximum atomic E-state index is 11.9. The van der Waals surface area contributed by atoms with Crippen molar-refractivity contribution in [3.63, 3.8) is 0 Å². The third kappa shape index (κ3) is 9.06. The van der Waals surface area contributed by atoms with Crippen molar-refractivity contribution in [2.24, 2.45) is 0 Å². The zero-order valence-corrected chi connectivity index (χ0v) is 18.6. The van der Waals surface area contributed by atoms with E-state index in [4.69, 9.17) is 0 Å². The molecule has 3 N–H and O–H groups in total. The lowest BCUT2D eigenvalue weighted by molar-refractivity contribution is -0.121. The van der Waals surface area contributed by atoms with Gasteiger partial charge in [0.25, 0.3) is 0 Å². The molecule has 2 rings (SSSR count). The smallest absolute Gasteiger partial charge is 0.315 e. The predicted molar refractivity (Wildman–Crippen MR) is 119 cm³/mol. The Balaban J connectivity index is 1.34. The summed E-state index contributed by atoms with van der Waals surface area (Å²) in [4.78, 5) is 23.3. The number of carbonyl (C=O) groups excluding carboxylic acids is 2. The maximum Gasteiger partial charge on any atom is 0.315 e. The van der Waals surface area contributed by atoms with Crippen molar-refractivity contribution in [2.45, 2.75) is 114 Å². The molecular weight excluding hydrogens is 370 g/mol. The van der Waals surface area contributed by atoms with E-state index in [1.54, 1.807) is 0 Å². The monoisotopic (exact) mass is 411 g/mol. The molecule has 0 aromatic heterocycles. The molecular formula is C22H41N3O2S. The van der Waals surface area contributed by atoms with E-state index in [1.807, 2.05) is 11.8 Å². The molecule has 0 aromatic rings. The highest BCUT2D eigenvalue weighted by atomic mass is 32.2. The number of unbranched alkanes of at least 4 members (excludes halogenated alkanes) is 10. The Morgan fingerprint density at radius 3 is 2.36 bits per heavy atom. The molecule has 0 unspecified atom stereocenters. The lowest BCUT2D eigenvalue weighted by Gasteiger charge is -2.16. The summed E-state index contributed by atoms with van der Waals surface area (Å²) < 4.78 is 0. The molecule has 2 saturated heterocycles. The number of amides is 3. The molecule has 2 aliphatic rings. The molecule has 162 valence electrons. The largest absolute Gasteiger partial charge is 0.356 e. The first-order valence-electron chi connectivity index (χ1n) is 11.7. The van der Waals surface area contributed by atoms with Crippen molar-refractivity contribution in [3.05, 3.63) is 0 Å². The molecule has 0 spiro atoms. The highest BCUT2D eigenvalue weighted by Crippen LogP contribution is 2.33. The maximum absolute atomic E-state index is 11.9. The summed E-state index contributed by atoms with van der Waals surface area (Å²) in [6.45, 7) is 3.09. The van der Waals surface area contributed by atoms with Gasteiger partial charge in [-0.15, -0.1) is 0 Å². The Hall–Kier alpha value is -0.910. The Kier molecular flexibility index (Phi) is 11.8. The number of carbonyl (C=O) groups is 2. The lowest BCUT2D eigenvalue weighted by atomic mass is 10.0. The predicted octanol–water partition coefficient (Wildman–Crippen LogP) is 4.75. The van der Waals surface area contributed by atoms with Gasteiger partial charge in [0.05, 0.1) is 12.1 Å². The van der Waals surface area contributed by atoms with Crippen molar-refractivity contribution < 1.29 is 9.59 Å². The normalized spacial score (nSPS) is 23.3. The third-order valence-electron chi connectivity index (χ3n) is 5.93. The van der Waals surface area contributed by atoms with Gasteiger partial charge in [-0.25, -0.2) is 4.79 Å². The van der Waals surface area contributed by atoms with Crippen molar-refractivity contribution in [2.75, 3.05) is 12.3 Å². The molecule has 0 radical (unpaired) electrons. The van der Waals surface area contributed by atoms with E-state index < -0.39 is 0 Å². The Morgan fingerprint density at radius 2 is 1.64 bits per heavy atom. The molecule has 0 aromatic carbocycles. The molecule has 6 heteroatoms. The van der Waals surface area contributed by atoms with Gasteiger partial charge in [0.15, 0.2) is 0 Å². The summed E-state index contributed by atoms with van der Waals surface area (Å²) in [6, 6.07) is 0.557. The van der Waals surface area contributed by atoms with Gasteiger partial charge in [-0.1, -0.05) is 71.1 Å². The van der Waals surface area contributed by atoms with Gasteiger partial charge in [0.1, 0.15) is 0 Å². The average molecular weight is 412 g/mol. The summed E-state index contributed by atoms with van der Waals surface area (Å²) in [5.74, 6) is 1.21. The average Bonchev–Trinajstić information content (AvgIpc) is 3.22. The van der Waals surface area contributed by atoms with Gasteiger partial charge in [-0.2, -0.15) is 11.8 Å². The number of fused-ring (bicyclic) bond motifs is 1. The molecule has 5 nitrogen and oxygen atoms in total. The van der Waals surface area contributed by atoms with Crippen LogP contribution in [-0.2, 0) is 4.79 Å². The first kappa shape index (κ1) is 23.4. The van der Waals surface area contributed by atoms with Crippen molar-refractivity contribution in [3.8, 4) is 0 Å². The van der Waals surface area contributed by atoms with Crippen LogP contribution in [0, 0.1) is 0 Å². The summed E-state index contributed by atoms with van der Waals surface area (Å²) in [7, 11) is 0. The Labute approximate surface area is 175 Å². The van der Waals surface area contributed by atoms with Crippen LogP contribution in [0.25, 0.3) is 0 Å². The van der Waals surface area contributed by atoms with Crippen LogP contribution in [0.3, 0.4) is 0 Å². The van der Waals surface area contributed by atoms with Crippen LogP contribution in [0.1, 0.15) is 96.8 Å². The summed E-state index contributed by atoms with van der Waals surface area (Å²) >= 11 is 1.95. The van der Waals surface area contributed by atoms with Gasteiger partial charge in [-0.3, -0.25) is 4.79 Å². The first-order valence-corrected chi connectivity index (χ1v) is 12.7. The molecule has 2 heterocycles. The van der Waals surface area contributed by atoms with Gasteiger partial charge in [-0.05, 0) is 19.3 Å². The fraction of sp³-hybridized carbons (Fsp3) is 0.909. The van der Waals surface area contributed by atoms with Crippen LogP contribution in [0.15, 0.2) is 0 Å². The van der Waals surface area contributed by atoms with Crippen LogP contribution in [0.5, 0.6) is 0 Å². The summed E-state index contributed by atoms with van der Waals surface area (Å²) in [6.07, 6.45) is 17.0. The van der Waals surface area contributed by atoms with E-state index in [9.17, 15) is 9.59 Å². The zero-order chi connectivity index (χ0) is 20.0. The number of hydrogen-bond acceptors (Lipinski definition) is 3. The quantitative estimate of drug-likeness (QED) is 0.253. The van der Waals surface area contributed by atoms with Gasteiger partial charge in [0.2, 0.25) is 5.91 Å².